The van der Waals surface area contributed by atoms with Gasteiger partial charge in [0.25, 0.3) is 0 Å². The van der Waals surface area contributed by atoms with Crippen molar-refractivity contribution in [2.45, 2.75) is 0 Å². The second kappa shape index (κ2) is 33.8. The lowest BCUT2D eigenvalue weighted by Gasteiger charge is -2.26. The van der Waals surface area contributed by atoms with Gasteiger partial charge in [-0.1, -0.05) is 382 Å². The molecule has 0 unspecified atom stereocenters. The SMILES string of the molecule is c1ccc(-c2ccc(N(c3ccc(-c4ccc(-c5cccc(-c6ccccc6)c5)cc4)cc3)c3ccc(-c4ccc(-n5c6ccccc6c6ccccc65)cc4)cc3)cc2)cc1.c1ccc(-c2ccc(N(c3ccc(-c4ccc(-c5ccccc5-c5ccccc5)cc4)cc3)c3ccc(-c4cccc(-n5c6ccccc6c6ccccc65)c4)cc3)cc2)cc1. The lowest BCUT2D eigenvalue weighted by molar-refractivity contribution is 1.18. The van der Waals surface area contributed by atoms with Crippen LogP contribution in [0.3, 0.4) is 0 Å². The molecule has 0 saturated carbocycles. The first-order valence-corrected chi connectivity index (χ1v) is 42.5. The second-order valence-electron chi connectivity index (χ2n) is 31.5. The Kier molecular flexibility index (Phi) is 20.5. The van der Waals surface area contributed by atoms with E-state index >= 15 is 0 Å². The predicted molar refractivity (Wildman–Crippen MR) is 525 cm³/mol. The lowest BCUT2D eigenvalue weighted by Crippen LogP contribution is -2.09. The smallest absolute Gasteiger partial charge is 0.0541 e. The number of benzene rings is 20. The van der Waals surface area contributed by atoms with E-state index in [2.05, 4.69) is 529 Å². The van der Waals surface area contributed by atoms with Gasteiger partial charge in [0.2, 0.25) is 0 Å². The van der Waals surface area contributed by atoms with Crippen molar-refractivity contribution in [3.05, 3.63) is 510 Å². The summed E-state index contributed by atoms with van der Waals surface area (Å²) in [6, 6.07) is 184. The molecule has 0 fully saturated rings. The molecule has 4 heteroatoms. The molecule has 4 nitrogen and oxygen atoms in total. The fraction of sp³-hybridized carbons (Fsp3) is 0. The minimum absolute atomic E-state index is 1.09. The van der Waals surface area contributed by atoms with Crippen molar-refractivity contribution in [1.29, 1.82) is 0 Å². The van der Waals surface area contributed by atoms with Crippen molar-refractivity contribution in [2.75, 3.05) is 9.80 Å². The third-order valence-electron chi connectivity index (χ3n) is 24.1. The fourth-order valence-electron chi connectivity index (χ4n) is 17.8. The number of hydrogen-bond donors (Lipinski definition) is 0. The standard InChI is InChI=1S/2C60H42N2/c1-3-12-43(13-4-1)46-26-34-53(35-27-46)61(54-36-28-47(29-37-54)45-22-24-50(25-23-45)52-17-11-16-51(42-52)44-14-5-2-6-15-44)55-38-30-48(31-39-55)49-32-40-56(41-33-49)62-59-20-9-7-18-57(59)58-19-8-10-21-60(58)62;1-3-14-43(15-4-1)45-30-36-51(37-31-45)61(52-38-32-46(33-39-52)44-26-28-49(29-27-44)56-21-8-7-20-55(56)48-16-5-2-6-17-48)53-40-34-47(35-41-53)50-18-13-19-54(42-50)62-59-24-11-9-22-57(59)58-23-10-12-25-60(58)62/h2*1-42H. The zero-order valence-electron chi connectivity index (χ0n) is 68.3. The highest BCUT2D eigenvalue weighted by Gasteiger charge is 2.20. The van der Waals surface area contributed by atoms with Crippen LogP contribution in [0.4, 0.5) is 34.1 Å². The Hall–Kier alpha value is -16.4. The summed E-state index contributed by atoms with van der Waals surface area (Å²) < 4.78 is 4.75. The predicted octanol–water partition coefficient (Wildman–Crippen LogP) is 33.2. The number of fused-ring (bicyclic) bond motifs is 6. The number of para-hydroxylation sites is 4. The van der Waals surface area contributed by atoms with Crippen molar-refractivity contribution < 1.29 is 0 Å². The van der Waals surface area contributed by atoms with E-state index < -0.39 is 0 Å². The molecular formula is C120H84N4. The van der Waals surface area contributed by atoms with Gasteiger partial charge in [-0.2, -0.15) is 0 Å². The quantitative estimate of drug-likeness (QED) is 0.0851. The van der Waals surface area contributed by atoms with E-state index in [-0.39, 0.29) is 0 Å². The molecule has 0 radical (unpaired) electrons. The fourth-order valence-corrected chi connectivity index (χ4v) is 17.8. The van der Waals surface area contributed by atoms with Crippen molar-refractivity contribution in [1.82, 2.24) is 9.13 Å². The van der Waals surface area contributed by atoms with Crippen LogP contribution in [0.2, 0.25) is 0 Å². The Morgan fingerprint density at radius 1 is 0.121 bits per heavy atom. The lowest BCUT2D eigenvalue weighted by atomic mass is 9.93. The monoisotopic (exact) mass is 1580 g/mol. The van der Waals surface area contributed by atoms with E-state index in [0.717, 1.165) is 45.5 Å². The van der Waals surface area contributed by atoms with Crippen LogP contribution in [0.1, 0.15) is 0 Å². The molecule has 124 heavy (non-hydrogen) atoms. The molecule has 0 N–H and O–H groups in total. The van der Waals surface area contributed by atoms with Gasteiger partial charge in [-0.05, 0) is 239 Å². The molecule has 22 rings (SSSR count). The van der Waals surface area contributed by atoms with Crippen LogP contribution in [0.25, 0.3) is 166 Å². The molecule has 0 atom stereocenters. The molecular weight excluding hydrogens is 1500 g/mol. The Bertz CT molecular complexity index is 7370. The summed E-state index contributed by atoms with van der Waals surface area (Å²) in [6.45, 7) is 0. The Balaban J connectivity index is 0.000000152. The number of hydrogen-bond acceptors (Lipinski definition) is 2. The van der Waals surface area contributed by atoms with Crippen LogP contribution in [-0.2, 0) is 0 Å². The minimum atomic E-state index is 1.09. The van der Waals surface area contributed by atoms with Crippen LogP contribution in [0, 0.1) is 0 Å². The summed E-state index contributed by atoms with van der Waals surface area (Å²) in [5.41, 5.74) is 37.7. The molecule has 0 saturated heterocycles. The molecule has 0 aliphatic rings. The molecule has 0 spiro atoms. The van der Waals surface area contributed by atoms with E-state index in [4.69, 9.17) is 0 Å². The highest BCUT2D eigenvalue weighted by atomic mass is 15.1. The van der Waals surface area contributed by atoms with Crippen LogP contribution < -0.4 is 9.80 Å². The Morgan fingerprint density at radius 3 is 0.629 bits per heavy atom. The number of aromatic nitrogens is 2. The highest BCUT2D eigenvalue weighted by molar-refractivity contribution is 6.10. The first-order valence-electron chi connectivity index (χ1n) is 42.5. The van der Waals surface area contributed by atoms with Gasteiger partial charge in [0.1, 0.15) is 0 Å². The van der Waals surface area contributed by atoms with Crippen molar-refractivity contribution >= 4 is 77.7 Å². The summed E-state index contributed by atoms with van der Waals surface area (Å²) >= 11 is 0. The minimum Gasteiger partial charge on any atom is -0.311 e. The third kappa shape index (κ3) is 15.1. The topological polar surface area (TPSA) is 16.3 Å². The summed E-state index contributed by atoms with van der Waals surface area (Å²) in [7, 11) is 0. The van der Waals surface area contributed by atoms with Gasteiger partial charge in [-0.15, -0.1) is 0 Å². The molecule has 584 valence electrons. The molecule has 0 bridgehead atoms. The zero-order valence-corrected chi connectivity index (χ0v) is 68.3. The average molecular weight is 1580 g/mol. The van der Waals surface area contributed by atoms with Gasteiger partial charge in [-0.3, -0.25) is 0 Å². The van der Waals surface area contributed by atoms with Gasteiger partial charge in [-0.25, -0.2) is 0 Å². The molecule has 0 aliphatic heterocycles. The maximum Gasteiger partial charge on any atom is 0.0541 e. The summed E-state index contributed by atoms with van der Waals surface area (Å²) in [5, 5.41) is 5.07. The van der Waals surface area contributed by atoms with Gasteiger partial charge in [0, 0.05) is 67.0 Å². The second-order valence-corrected chi connectivity index (χ2v) is 31.5. The molecule has 22 aromatic rings. The highest BCUT2D eigenvalue weighted by Crippen LogP contribution is 2.44. The van der Waals surface area contributed by atoms with E-state index in [1.807, 2.05) is 0 Å². The first kappa shape index (κ1) is 75.1. The van der Waals surface area contributed by atoms with E-state index in [1.165, 1.54) is 155 Å². The molecule has 0 amide bonds. The maximum absolute atomic E-state index is 2.38. The zero-order chi connectivity index (χ0) is 82.5. The average Bonchev–Trinajstić information content (AvgIpc) is 1.61. The molecule has 0 aliphatic carbocycles. The van der Waals surface area contributed by atoms with Gasteiger partial charge >= 0.3 is 0 Å². The summed E-state index contributed by atoms with van der Waals surface area (Å²) in [4.78, 5) is 4.69. The van der Waals surface area contributed by atoms with Crippen LogP contribution in [0.15, 0.2) is 510 Å². The molecule has 2 aromatic heterocycles. The third-order valence-corrected chi connectivity index (χ3v) is 24.1. The molecule has 2 heterocycles. The first-order chi connectivity index (χ1) is 61.5. The molecule has 20 aromatic carbocycles. The summed E-state index contributed by atoms with van der Waals surface area (Å²) in [6.07, 6.45) is 0. The van der Waals surface area contributed by atoms with E-state index in [1.54, 1.807) is 0 Å². The van der Waals surface area contributed by atoms with Crippen molar-refractivity contribution in [2.24, 2.45) is 0 Å². The number of anilines is 6. The van der Waals surface area contributed by atoms with Gasteiger partial charge < -0.3 is 18.9 Å². The Morgan fingerprint density at radius 2 is 0.315 bits per heavy atom. The normalized spacial score (nSPS) is 11.2. The van der Waals surface area contributed by atoms with Crippen LogP contribution >= 0.6 is 0 Å². The largest absolute Gasteiger partial charge is 0.311 e. The van der Waals surface area contributed by atoms with Crippen LogP contribution in [0.5, 0.6) is 0 Å². The van der Waals surface area contributed by atoms with Gasteiger partial charge in [0.15, 0.2) is 0 Å². The van der Waals surface area contributed by atoms with E-state index in [0.29, 0.717) is 0 Å². The van der Waals surface area contributed by atoms with Crippen LogP contribution in [-0.4, -0.2) is 9.13 Å². The number of rotatable bonds is 18. The van der Waals surface area contributed by atoms with Crippen molar-refractivity contribution in [3.63, 3.8) is 0 Å². The van der Waals surface area contributed by atoms with Gasteiger partial charge in [0.05, 0.1) is 22.1 Å². The maximum atomic E-state index is 2.38. The van der Waals surface area contributed by atoms with E-state index in [9.17, 15) is 0 Å². The Labute approximate surface area is 723 Å². The number of nitrogens with zero attached hydrogens (tertiary/aromatic N) is 4. The van der Waals surface area contributed by atoms with Crippen molar-refractivity contribution in [3.8, 4) is 123 Å². The summed E-state index contributed by atoms with van der Waals surface area (Å²) in [5.74, 6) is 0.